The first kappa shape index (κ1) is 17.7. The molecule has 1 aromatic rings. The van der Waals surface area contributed by atoms with Crippen molar-refractivity contribution in [1.82, 2.24) is 4.90 Å². The van der Waals surface area contributed by atoms with Crippen molar-refractivity contribution in [2.45, 2.75) is 32.6 Å². The minimum atomic E-state index is -0.296. The number of hydrogen-bond donors (Lipinski definition) is 0. The maximum absolute atomic E-state index is 12.6. The second-order valence-corrected chi connectivity index (χ2v) is 5.66. The summed E-state index contributed by atoms with van der Waals surface area (Å²) in [7, 11) is 1.36. The number of unbranched alkanes of at least 4 members (excludes halogenated alkanes) is 2. The van der Waals surface area contributed by atoms with Gasteiger partial charge in [-0.3, -0.25) is 9.59 Å². The van der Waals surface area contributed by atoms with Crippen molar-refractivity contribution in [3.8, 4) is 0 Å². The van der Waals surface area contributed by atoms with Gasteiger partial charge in [-0.1, -0.05) is 31.9 Å². The van der Waals surface area contributed by atoms with Crippen molar-refractivity contribution in [2.24, 2.45) is 0 Å². The first-order valence-electron chi connectivity index (χ1n) is 7.20. The molecule has 0 fully saturated rings. The molecule has 0 aliphatic rings. The van der Waals surface area contributed by atoms with Gasteiger partial charge < -0.3 is 9.64 Å². The van der Waals surface area contributed by atoms with Crippen molar-refractivity contribution >= 4 is 27.8 Å². The third-order valence-corrected chi connectivity index (χ3v) is 3.93. The Morgan fingerprint density at radius 3 is 2.52 bits per heavy atom. The van der Waals surface area contributed by atoms with E-state index in [0.29, 0.717) is 18.7 Å². The number of amides is 1. The van der Waals surface area contributed by atoms with Crippen molar-refractivity contribution in [3.05, 3.63) is 34.3 Å². The summed E-state index contributed by atoms with van der Waals surface area (Å²) >= 11 is 3.40. The van der Waals surface area contributed by atoms with E-state index in [0.717, 1.165) is 23.7 Å². The minimum absolute atomic E-state index is 0.0533. The van der Waals surface area contributed by atoms with E-state index in [9.17, 15) is 9.59 Å². The van der Waals surface area contributed by atoms with Gasteiger partial charge in [-0.25, -0.2) is 0 Å². The molecule has 0 unspecified atom stereocenters. The van der Waals surface area contributed by atoms with E-state index in [4.69, 9.17) is 0 Å². The molecule has 0 bridgehead atoms. The summed E-state index contributed by atoms with van der Waals surface area (Å²) in [5.74, 6) is -0.349. The maximum Gasteiger partial charge on any atom is 0.307 e. The van der Waals surface area contributed by atoms with E-state index in [1.807, 2.05) is 18.2 Å². The van der Waals surface area contributed by atoms with Crippen LogP contribution in [-0.2, 0) is 9.53 Å². The van der Waals surface area contributed by atoms with E-state index in [-0.39, 0.29) is 18.3 Å². The van der Waals surface area contributed by atoms with E-state index in [1.54, 1.807) is 11.0 Å². The summed E-state index contributed by atoms with van der Waals surface area (Å²) in [6.07, 6.45) is 3.32. The Morgan fingerprint density at radius 1 is 1.19 bits per heavy atom. The second kappa shape index (κ2) is 9.55. The number of carbonyl (C=O) groups is 2. The van der Waals surface area contributed by atoms with E-state index < -0.39 is 0 Å². The van der Waals surface area contributed by atoms with Crippen LogP contribution in [0.5, 0.6) is 0 Å². The third kappa shape index (κ3) is 5.87. The zero-order valence-electron chi connectivity index (χ0n) is 12.6. The monoisotopic (exact) mass is 355 g/mol. The number of nitrogens with zero attached hydrogens (tertiary/aromatic N) is 1. The van der Waals surface area contributed by atoms with Crippen LogP contribution in [0.2, 0.25) is 0 Å². The fraction of sp³-hybridized carbons (Fsp3) is 0.500. The molecule has 4 nitrogen and oxygen atoms in total. The molecule has 0 N–H and O–H groups in total. The highest BCUT2D eigenvalue weighted by molar-refractivity contribution is 9.10. The number of methoxy groups -OCH3 is 1. The number of halogens is 1. The maximum atomic E-state index is 12.6. The molecule has 0 aliphatic carbocycles. The number of benzene rings is 1. The summed E-state index contributed by atoms with van der Waals surface area (Å²) in [5, 5.41) is 0. The molecule has 0 atom stereocenters. The summed E-state index contributed by atoms with van der Waals surface area (Å²) in [4.78, 5) is 25.6. The molecule has 5 heteroatoms. The Hall–Kier alpha value is -1.36. The van der Waals surface area contributed by atoms with E-state index >= 15 is 0 Å². The van der Waals surface area contributed by atoms with Crippen LogP contribution in [0.4, 0.5) is 0 Å². The van der Waals surface area contributed by atoms with Crippen LogP contribution in [0, 0.1) is 0 Å². The molecule has 0 aliphatic heterocycles. The molecule has 0 saturated heterocycles. The van der Waals surface area contributed by atoms with Gasteiger partial charge in [-0.05, 0) is 34.5 Å². The van der Waals surface area contributed by atoms with Gasteiger partial charge in [0.05, 0.1) is 19.1 Å². The first-order chi connectivity index (χ1) is 10.1. The molecule has 0 saturated carbocycles. The number of rotatable bonds is 8. The Labute approximate surface area is 134 Å². The molecule has 1 aromatic carbocycles. The lowest BCUT2D eigenvalue weighted by atomic mass is 10.1. The van der Waals surface area contributed by atoms with E-state index in [1.165, 1.54) is 7.11 Å². The molecule has 0 aromatic heterocycles. The Morgan fingerprint density at radius 2 is 1.90 bits per heavy atom. The largest absolute Gasteiger partial charge is 0.469 e. The molecule has 0 spiro atoms. The smallest absolute Gasteiger partial charge is 0.307 e. The van der Waals surface area contributed by atoms with Crippen LogP contribution >= 0.6 is 15.9 Å². The van der Waals surface area contributed by atoms with Gasteiger partial charge in [-0.15, -0.1) is 0 Å². The highest BCUT2D eigenvalue weighted by Crippen LogP contribution is 2.18. The lowest BCUT2D eigenvalue weighted by Gasteiger charge is -2.23. The summed E-state index contributed by atoms with van der Waals surface area (Å²) in [6.45, 7) is 3.16. The van der Waals surface area contributed by atoms with Gasteiger partial charge in [0.1, 0.15) is 0 Å². The quantitative estimate of drug-likeness (QED) is 0.528. The van der Waals surface area contributed by atoms with Crippen LogP contribution in [0.15, 0.2) is 28.7 Å². The molecule has 1 amide bonds. The van der Waals surface area contributed by atoms with Gasteiger partial charge >= 0.3 is 5.97 Å². The van der Waals surface area contributed by atoms with Gasteiger partial charge in [0, 0.05) is 17.6 Å². The fourth-order valence-corrected chi connectivity index (χ4v) is 2.46. The molecule has 116 valence electrons. The van der Waals surface area contributed by atoms with Crippen LogP contribution in [0.1, 0.15) is 43.0 Å². The Bertz CT molecular complexity index is 476. The molecular weight excluding hydrogens is 334 g/mol. The van der Waals surface area contributed by atoms with Gasteiger partial charge in [-0.2, -0.15) is 0 Å². The van der Waals surface area contributed by atoms with Gasteiger partial charge in [0.2, 0.25) is 0 Å². The summed E-state index contributed by atoms with van der Waals surface area (Å²) in [6, 6.07) is 7.34. The molecule has 1 rings (SSSR count). The Kier molecular flexibility index (Phi) is 8.05. The predicted molar refractivity (Wildman–Crippen MR) is 86.2 cm³/mol. The van der Waals surface area contributed by atoms with Crippen LogP contribution < -0.4 is 0 Å². The molecule has 21 heavy (non-hydrogen) atoms. The van der Waals surface area contributed by atoms with Crippen molar-refractivity contribution in [1.29, 1.82) is 0 Å². The zero-order valence-corrected chi connectivity index (χ0v) is 14.2. The SMILES string of the molecule is CCCCCN(CCC(=O)OC)C(=O)c1ccccc1Br. The molecule has 0 radical (unpaired) electrons. The number of hydrogen-bond acceptors (Lipinski definition) is 3. The van der Waals surface area contributed by atoms with Gasteiger partial charge in [0.15, 0.2) is 0 Å². The van der Waals surface area contributed by atoms with Crippen molar-refractivity contribution in [3.63, 3.8) is 0 Å². The first-order valence-corrected chi connectivity index (χ1v) is 8.00. The number of carbonyl (C=O) groups excluding carboxylic acids is 2. The second-order valence-electron chi connectivity index (χ2n) is 4.81. The number of ether oxygens (including phenoxy) is 1. The molecular formula is C16H22BrNO3. The normalized spacial score (nSPS) is 10.2. The third-order valence-electron chi connectivity index (χ3n) is 3.24. The summed E-state index contributed by atoms with van der Waals surface area (Å²) in [5.41, 5.74) is 0.624. The van der Waals surface area contributed by atoms with Gasteiger partial charge in [0.25, 0.3) is 5.91 Å². The summed E-state index contributed by atoms with van der Waals surface area (Å²) < 4.78 is 5.42. The van der Waals surface area contributed by atoms with Crippen LogP contribution in [0.3, 0.4) is 0 Å². The predicted octanol–water partition coefficient (Wildman–Crippen LogP) is 3.64. The van der Waals surface area contributed by atoms with Crippen molar-refractivity contribution < 1.29 is 14.3 Å². The lowest BCUT2D eigenvalue weighted by Crippen LogP contribution is -2.34. The Balaban J connectivity index is 2.76. The fourth-order valence-electron chi connectivity index (χ4n) is 2.00. The molecule has 0 heterocycles. The van der Waals surface area contributed by atoms with Crippen LogP contribution in [-0.4, -0.2) is 37.0 Å². The highest BCUT2D eigenvalue weighted by Gasteiger charge is 2.18. The average molecular weight is 356 g/mol. The topological polar surface area (TPSA) is 46.6 Å². The minimum Gasteiger partial charge on any atom is -0.469 e. The average Bonchev–Trinajstić information content (AvgIpc) is 2.50. The lowest BCUT2D eigenvalue weighted by molar-refractivity contribution is -0.140. The van der Waals surface area contributed by atoms with E-state index in [2.05, 4.69) is 27.6 Å². The zero-order chi connectivity index (χ0) is 15.7. The standard InChI is InChI=1S/C16H22BrNO3/c1-3-4-7-11-18(12-10-15(19)21-2)16(20)13-8-5-6-9-14(13)17/h5-6,8-9H,3-4,7,10-12H2,1-2H3. The highest BCUT2D eigenvalue weighted by atomic mass is 79.9. The number of esters is 1. The van der Waals surface area contributed by atoms with Crippen LogP contribution in [0.25, 0.3) is 0 Å². The van der Waals surface area contributed by atoms with Crippen molar-refractivity contribution in [2.75, 3.05) is 20.2 Å².